The van der Waals surface area contributed by atoms with Crippen LogP contribution in [0.1, 0.15) is 34.5 Å². The molecule has 0 aliphatic heterocycles. The van der Waals surface area contributed by atoms with Gasteiger partial charge in [0, 0.05) is 16.6 Å². The standard InChI is InChI=1S/C16H20N4S/c1-10-8-11(2)19-16(14(10)15(17)18)20(12-5-6-12)9-13-4-3-7-21-13/h3-4,7-8,12H,5-6,9H2,1-2H3,(H3,17,18). The summed E-state index contributed by atoms with van der Waals surface area (Å²) in [5, 5.41) is 10.0. The number of aromatic nitrogens is 1. The Morgan fingerprint density at radius 2 is 2.24 bits per heavy atom. The summed E-state index contributed by atoms with van der Waals surface area (Å²) in [5.41, 5.74) is 8.60. The van der Waals surface area contributed by atoms with Crippen molar-refractivity contribution in [2.75, 3.05) is 4.90 Å². The van der Waals surface area contributed by atoms with Crippen molar-refractivity contribution in [1.29, 1.82) is 5.41 Å². The van der Waals surface area contributed by atoms with Gasteiger partial charge < -0.3 is 10.6 Å². The van der Waals surface area contributed by atoms with Crippen LogP contribution in [0.5, 0.6) is 0 Å². The Morgan fingerprint density at radius 3 is 2.81 bits per heavy atom. The van der Waals surface area contributed by atoms with Gasteiger partial charge in [-0.05, 0) is 49.8 Å². The summed E-state index contributed by atoms with van der Waals surface area (Å²) in [6.45, 7) is 4.85. The van der Waals surface area contributed by atoms with E-state index in [1.165, 1.54) is 17.7 Å². The van der Waals surface area contributed by atoms with Crippen molar-refractivity contribution < 1.29 is 0 Å². The normalized spacial score (nSPS) is 14.2. The van der Waals surface area contributed by atoms with Gasteiger partial charge in [0.25, 0.3) is 0 Å². The van der Waals surface area contributed by atoms with Gasteiger partial charge in [-0.2, -0.15) is 0 Å². The van der Waals surface area contributed by atoms with Crippen LogP contribution < -0.4 is 10.6 Å². The molecule has 4 nitrogen and oxygen atoms in total. The molecule has 0 atom stereocenters. The zero-order valence-corrected chi connectivity index (χ0v) is 13.2. The number of nitrogens with two attached hydrogens (primary N) is 1. The Morgan fingerprint density at radius 1 is 1.48 bits per heavy atom. The average molecular weight is 300 g/mol. The van der Waals surface area contributed by atoms with E-state index in [1.807, 2.05) is 19.9 Å². The maximum absolute atomic E-state index is 7.91. The number of hydrogen-bond donors (Lipinski definition) is 2. The van der Waals surface area contributed by atoms with E-state index in [2.05, 4.69) is 22.4 Å². The molecule has 110 valence electrons. The molecule has 1 saturated carbocycles. The molecule has 3 N–H and O–H groups in total. The Kier molecular flexibility index (Phi) is 3.68. The van der Waals surface area contributed by atoms with Crippen LogP contribution in [0.15, 0.2) is 23.6 Å². The highest BCUT2D eigenvalue weighted by atomic mass is 32.1. The van der Waals surface area contributed by atoms with Crippen molar-refractivity contribution in [3.63, 3.8) is 0 Å². The number of hydrogen-bond acceptors (Lipinski definition) is 4. The fourth-order valence-corrected chi connectivity index (χ4v) is 3.39. The van der Waals surface area contributed by atoms with E-state index in [1.54, 1.807) is 11.3 Å². The van der Waals surface area contributed by atoms with Gasteiger partial charge in [-0.3, -0.25) is 5.41 Å². The van der Waals surface area contributed by atoms with Crippen LogP contribution in [-0.4, -0.2) is 16.9 Å². The number of amidine groups is 1. The third-order valence-corrected chi connectivity index (χ3v) is 4.62. The van der Waals surface area contributed by atoms with Gasteiger partial charge in [0.05, 0.1) is 12.1 Å². The van der Waals surface area contributed by atoms with Crippen molar-refractivity contribution in [2.45, 2.75) is 39.3 Å². The first-order valence-corrected chi connectivity index (χ1v) is 8.06. The molecular formula is C16H20N4S. The quantitative estimate of drug-likeness (QED) is 0.658. The first-order chi connectivity index (χ1) is 10.1. The molecule has 0 amide bonds. The van der Waals surface area contributed by atoms with Gasteiger partial charge in [-0.1, -0.05) is 6.07 Å². The van der Waals surface area contributed by atoms with Crippen LogP contribution >= 0.6 is 11.3 Å². The number of rotatable bonds is 5. The third kappa shape index (κ3) is 2.93. The highest BCUT2D eigenvalue weighted by Crippen LogP contribution is 2.35. The van der Waals surface area contributed by atoms with Crippen molar-refractivity contribution in [3.8, 4) is 0 Å². The summed E-state index contributed by atoms with van der Waals surface area (Å²) in [5.74, 6) is 0.975. The lowest BCUT2D eigenvalue weighted by atomic mass is 10.1. The molecule has 0 radical (unpaired) electrons. The highest BCUT2D eigenvalue weighted by Gasteiger charge is 2.32. The molecule has 0 spiro atoms. The fraction of sp³-hybridized carbons (Fsp3) is 0.375. The Hall–Kier alpha value is -1.88. The highest BCUT2D eigenvalue weighted by molar-refractivity contribution is 7.09. The molecule has 1 fully saturated rings. The molecule has 0 aromatic carbocycles. The Balaban J connectivity index is 2.04. The van der Waals surface area contributed by atoms with Crippen LogP contribution in [-0.2, 0) is 6.54 Å². The number of anilines is 1. The van der Waals surface area contributed by atoms with E-state index >= 15 is 0 Å². The maximum atomic E-state index is 7.91. The number of nitrogens with zero attached hydrogens (tertiary/aromatic N) is 2. The molecule has 2 aromatic rings. The van der Waals surface area contributed by atoms with E-state index in [9.17, 15) is 0 Å². The molecule has 2 heterocycles. The van der Waals surface area contributed by atoms with Crippen molar-refractivity contribution in [2.24, 2.45) is 5.73 Å². The van der Waals surface area contributed by atoms with E-state index < -0.39 is 0 Å². The largest absolute Gasteiger partial charge is 0.384 e. The van der Waals surface area contributed by atoms with Gasteiger partial charge in [0.2, 0.25) is 0 Å². The maximum Gasteiger partial charge on any atom is 0.140 e. The molecule has 3 rings (SSSR count). The van der Waals surface area contributed by atoms with Crippen LogP contribution in [0.25, 0.3) is 0 Å². The van der Waals surface area contributed by atoms with E-state index in [0.29, 0.717) is 6.04 Å². The zero-order valence-electron chi connectivity index (χ0n) is 12.4. The number of thiophene rings is 1. The van der Waals surface area contributed by atoms with E-state index in [0.717, 1.165) is 29.2 Å². The molecule has 0 unspecified atom stereocenters. The van der Waals surface area contributed by atoms with Gasteiger partial charge in [-0.25, -0.2) is 4.98 Å². The second-order valence-electron chi connectivity index (χ2n) is 5.63. The summed E-state index contributed by atoms with van der Waals surface area (Å²) < 4.78 is 0. The number of pyridine rings is 1. The second kappa shape index (κ2) is 5.48. The molecule has 5 heteroatoms. The van der Waals surface area contributed by atoms with Gasteiger partial charge in [0.15, 0.2) is 0 Å². The molecule has 21 heavy (non-hydrogen) atoms. The van der Waals surface area contributed by atoms with Gasteiger partial charge in [-0.15, -0.1) is 11.3 Å². The molecule has 0 bridgehead atoms. The van der Waals surface area contributed by atoms with Gasteiger partial charge in [0.1, 0.15) is 11.7 Å². The summed E-state index contributed by atoms with van der Waals surface area (Å²) in [7, 11) is 0. The SMILES string of the molecule is Cc1cc(C)c(C(=N)N)c(N(Cc2cccs2)C2CC2)n1. The molecule has 2 aromatic heterocycles. The second-order valence-corrected chi connectivity index (χ2v) is 6.66. The zero-order chi connectivity index (χ0) is 15.0. The Bertz CT molecular complexity index is 659. The van der Waals surface area contributed by atoms with Crippen LogP contribution in [0, 0.1) is 19.3 Å². The molecular weight excluding hydrogens is 280 g/mol. The van der Waals surface area contributed by atoms with Gasteiger partial charge >= 0.3 is 0 Å². The first kappa shape index (κ1) is 14.1. The fourth-order valence-electron chi connectivity index (χ4n) is 2.69. The molecule has 0 saturated heterocycles. The number of nitrogen functional groups attached to an aromatic ring is 1. The van der Waals surface area contributed by atoms with Crippen LogP contribution in [0.4, 0.5) is 5.82 Å². The Labute approximate surface area is 129 Å². The number of aryl methyl sites for hydroxylation is 2. The van der Waals surface area contributed by atoms with Crippen LogP contribution in [0.3, 0.4) is 0 Å². The predicted octanol–water partition coefficient (Wildman–Crippen LogP) is 3.21. The first-order valence-electron chi connectivity index (χ1n) is 7.18. The van der Waals surface area contributed by atoms with Crippen LogP contribution in [0.2, 0.25) is 0 Å². The lowest BCUT2D eigenvalue weighted by Crippen LogP contribution is -2.29. The minimum Gasteiger partial charge on any atom is -0.384 e. The average Bonchev–Trinajstić information content (AvgIpc) is 3.11. The molecule has 1 aliphatic carbocycles. The summed E-state index contributed by atoms with van der Waals surface area (Å²) in [6, 6.07) is 6.75. The van der Waals surface area contributed by atoms with E-state index in [-0.39, 0.29) is 5.84 Å². The third-order valence-electron chi connectivity index (χ3n) is 3.76. The molecule has 1 aliphatic rings. The number of nitrogens with one attached hydrogen (secondary N) is 1. The minimum absolute atomic E-state index is 0.104. The minimum atomic E-state index is 0.104. The van der Waals surface area contributed by atoms with E-state index in [4.69, 9.17) is 16.1 Å². The lowest BCUT2D eigenvalue weighted by Gasteiger charge is -2.26. The topological polar surface area (TPSA) is 66.0 Å². The van der Waals surface area contributed by atoms with Crippen molar-refractivity contribution in [1.82, 2.24) is 4.98 Å². The summed E-state index contributed by atoms with van der Waals surface area (Å²) >= 11 is 1.76. The smallest absolute Gasteiger partial charge is 0.140 e. The van der Waals surface area contributed by atoms with Crippen molar-refractivity contribution >= 4 is 23.0 Å². The lowest BCUT2D eigenvalue weighted by molar-refractivity contribution is 0.781. The summed E-state index contributed by atoms with van der Waals surface area (Å²) in [6.07, 6.45) is 2.38. The predicted molar refractivity (Wildman–Crippen MR) is 88.3 cm³/mol. The monoisotopic (exact) mass is 300 g/mol. The summed E-state index contributed by atoms with van der Waals surface area (Å²) in [4.78, 5) is 8.35. The van der Waals surface area contributed by atoms with Crippen molar-refractivity contribution in [3.05, 3.63) is 45.3 Å².